The predicted molar refractivity (Wildman–Crippen MR) is 89.6 cm³/mol. The van der Waals surface area contributed by atoms with Gasteiger partial charge in [0.1, 0.15) is 5.78 Å². The number of amides is 1. The van der Waals surface area contributed by atoms with Crippen molar-refractivity contribution in [2.45, 2.75) is 13.3 Å². The Labute approximate surface area is 129 Å². The third-order valence-corrected chi connectivity index (χ3v) is 3.04. The van der Waals surface area contributed by atoms with E-state index >= 15 is 0 Å². The monoisotopic (exact) mass is 297 g/mol. The number of hydrogen-bond donors (Lipinski definition) is 3. The van der Waals surface area contributed by atoms with E-state index in [1.165, 1.54) is 6.92 Å². The topological polar surface area (TPSA) is 70.2 Å². The van der Waals surface area contributed by atoms with Gasteiger partial charge in [0.05, 0.1) is 6.42 Å². The van der Waals surface area contributed by atoms with Crippen molar-refractivity contribution >= 4 is 34.4 Å². The van der Waals surface area contributed by atoms with Crippen LogP contribution < -0.4 is 16.0 Å². The molecule has 0 aromatic heterocycles. The molecule has 0 bridgehead atoms. The van der Waals surface area contributed by atoms with Gasteiger partial charge in [-0.25, -0.2) is 0 Å². The van der Waals surface area contributed by atoms with Crippen LogP contribution in [0.2, 0.25) is 0 Å². The number of hydrogen-bond acceptors (Lipinski definition) is 4. The molecule has 1 amide bonds. The maximum atomic E-state index is 11.5. The normalized spacial score (nSPS) is 9.91. The molecule has 0 aliphatic heterocycles. The van der Waals surface area contributed by atoms with E-state index < -0.39 is 0 Å². The Kier molecular flexibility index (Phi) is 5.14. The second kappa shape index (κ2) is 7.26. The van der Waals surface area contributed by atoms with Crippen molar-refractivity contribution < 1.29 is 9.59 Å². The molecular weight excluding hydrogens is 278 g/mol. The molecule has 0 heterocycles. The summed E-state index contributed by atoms with van der Waals surface area (Å²) in [4.78, 5) is 22.4. The van der Waals surface area contributed by atoms with Crippen molar-refractivity contribution in [3.63, 3.8) is 0 Å². The van der Waals surface area contributed by atoms with Crippen molar-refractivity contribution in [1.82, 2.24) is 0 Å². The van der Waals surface area contributed by atoms with Gasteiger partial charge in [-0.1, -0.05) is 0 Å². The number of carbonyl (C=O) groups is 2. The van der Waals surface area contributed by atoms with Crippen LogP contribution in [-0.4, -0.2) is 18.7 Å². The Bertz CT molecular complexity index is 649. The first-order chi connectivity index (χ1) is 10.6. The molecule has 0 saturated carbocycles. The summed E-state index contributed by atoms with van der Waals surface area (Å²) < 4.78 is 0. The molecule has 0 aliphatic rings. The van der Waals surface area contributed by atoms with E-state index in [0.717, 1.165) is 17.1 Å². The summed E-state index contributed by atoms with van der Waals surface area (Å²) in [6.45, 7) is 1.39. The van der Waals surface area contributed by atoms with Gasteiger partial charge in [-0.15, -0.1) is 0 Å². The molecule has 5 nitrogen and oxygen atoms in total. The van der Waals surface area contributed by atoms with E-state index in [2.05, 4.69) is 16.0 Å². The summed E-state index contributed by atoms with van der Waals surface area (Å²) >= 11 is 0. The molecule has 0 fully saturated rings. The van der Waals surface area contributed by atoms with Gasteiger partial charge in [0.25, 0.3) is 0 Å². The summed E-state index contributed by atoms with van der Waals surface area (Å²) in [6.07, 6.45) is -0.0994. The molecule has 0 saturated heterocycles. The Morgan fingerprint density at radius 3 is 1.73 bits per heavy atom. The van der Waals surface area contributed by atoms with Crippen LogP contribution in [0.3, 0.4) is 0 Å². The Balaban J connectivity index is 1.96. The number of anilines is 4. The maximum Gasteiger partial charge on any atom is 0.231 e. The van der Waals surface area contributed by atoms with Crippen molar-refractivity contribution in [1.29, 1.82) is 0 Å². The third kappa shape index (κ3) is 4.63. The molecule has 0 unspecified atom stereocenters. The molecule has 2 rings (SSSR count). The largest absolute Gasteiger partial charge is 0.388 e. The zero-order valence-corrected chi connectivity index (χ0v) is 12.6. The molecule has 114 valence electrons. The highest BCUT2D eigenvalue weighted by Crippen LogP contribution is 2.20. The SMILES string of the molecule is CNc1ccc(Nc2ccc(NC(=O)CC(C)=O)cc2)cc1. The first kappa shape index (κ1) is 15.6. The Hall–Kier alpha value is -2.82. The van der Waals surface area contributed by atoms with Crippen LogP contribution in [-0.2, 0) is 9.59 Å². The first-order valence-electron chi connectivity index (χ1n) is 7.01. The van der Waals surface area contributed by atoms with Crippen molar-refractivity contribution in [2.24, 2.45) is 0 Å². The lowest BCUT2D eigenvalue weighted by Gasteiger charge is -2.09. The number of Topliss-reactive ketones (excluding diaryl/α,β-unsaturated/α-hetero) is 1. The molecule has 0 atom stereocenters. The van der Waals surface area contributed by atoms with Crippen LogP contribution in [0.15, 0.2) is 48.5 Å². The summed E-state index contributed by atoms with van der Waals surface area (Å²) in [5, 5.41) is 9.02. The first-order valence-corrected chi connectivity index (χ1v) is 7.01. The molecule has 2 aromatic carbocycles. The van der Waals surface area contributed by atoms with E-state index in [1.807, 2.05) is 43.4 Å². The predicted octanol–water partition coefficient (Wildman–Crippen LogP) is 3.39. The van der Waals surface area contributed by atoms with Gasteiger partial charge in [-0.3, -0.25) is 9.59 Å². The summed E-state index contributed by atoms with van der Waals surface area (Å²) in [5.74, 6) is -0.448. The van der Waals surface area contributed by atoms with Gasteiger partial charge in [-0.2, -0.15) is 0 Å². The van der Waals surface area contributed by atoms with E-state index in [4.69, 9.17) is 0 Å². The average Bonchev–Trinajstić information content (AvgIpc) is 2.49. The molecular formula is C17H19N3O2. The molecule has 5 heteroatoms. The van der Waals surface area contributed by atoms with Gasteiger partial charge < -0.3 is 16.0 Å². The summed E-state index contributed by atoms with van der Waals surface area (Å²) in [5.41, 5.74) is 3.62. The van der Waals surface area contributed by atoms with Gasteiger partial charge in [0, 0.05) is 29.8 Å². The zero-order chi connectivity index (χ0) is 15.9. The minimum absolute atomic E-state index is 0.0994. The number of nitrogens with one attached hydrogen (secondary N) is 3. The lowest BCUT2D eigenvalue weighted by atomic mass is 10.2. The average molecular weight is 297 g/mol. The summed E-state index contributed by atoms with van der Waals surface area (Å²) in [6, 6.07) is 15.3. The molecule has 0 radical (unpaired) electrons. The second-order valence-electron chi connectivity index (χ2n) is 4.96. The van der Waals surface area contributed by atoms with Gasteiger partial charge in [0.15, 0.2) is 0 Å². The fourth-order valence-electron chi connectivity index (χ4n) is 1.96. The molecule has 0 spiro atoms. The Morgan fingerprint density at radius 1 is 0.818 bits per heavy atom. The second-order valence-corrected chi connectivity index (χ2v) is 4.96. The fourth-order valence-corrected chi connectivity index (χ4v) is 1.96. The zero-order valence-electron chi connectivity index (χ0n) is 12.6. The minimum Gasteiger partial charge on any atom is -0.388 e. The van der Waals surface area contributed by atoms with Crippen molar-refractivity contribution in [3.8, 4) is 0 Å². The third-order valence-electron chi connectivity index (χ3n) is 3.04. The molecule has 22 heavy (non-hydrogen) atoms. The highest BCUT2D eigenvalue weighted by Gasteiger charge is 2.05. The van der Waals surface area contributed by atoms with E-state index in [-0.39, 0.29) is 18.1 Å². The van der Waals surface area contributed by atoms with Crippen LogP contribution in [0.5, 0.6) is 0 Å². The van der Waals surface area contributed by atoms with E-state index in [9.17, 15) is 9.59 Å². The highest BCUT2D eigenvalue weighted by atomic mass is 16.2. The van der Waals surface area contributed by atoms with Crippen LogP contribution in [0.4, 0.5) is 22.7 Å². The number of ketones is 1. The van der Waals surface area contributed by atoms with Crippen LogP contribution in [0, 0.1) is 0 Å². The molecule has 0 aliphatic carbocycles. The van der Waals surface area contributed by atoms with Crippen LogP contribution in [0.1, 0.15) is 13.3 Å². The highest BCUT2D eigenvalue weighted by molar-refractivity contribution is 6.03. The van der Waals surface area contributed by atoms with Crippen molar-refractivity contribution in [3.05, 3.63) is 48.5 Å². The lowest BCUT2D eigenvalue weighted by molar-refractivity contribution is -0.124. The smallest absolute Gasteiger partial charge is 0.231 e. The van der Waals surface area contributed by atoms with Crippen molar-refractivity contribution in [2.75, 3.05) is 23.0 Å². The quantitative estimate of drug-likeness (QED) is 0.715. The van der Waals surface area contributed by atoms with Crippen LogP contribution in [0.25, 0.3) is 0 Å². The molecule has 3 N–H and O–H groups in total. The Morgan fingerprint density at radius 2 is 1.27 bits per heavy atom. The number of carbonyl (C=O) groups excluding carboxylic acids is 2. The minimum atomic E-state index is -0.295. The van der Waals surface area contributed by atoms with Crippen LogP contribution >= 0.6 is 0 Å². The fraction of sp³-hybridized carbons (Fsp3) is 0.176. The van der Waals surface area contributed by atoms with Gasteiger partial charge >= 0.3 is 0 Å². The number of benzene rings is 2. The van der Waals surface area contributed by atoms with E-state index in [0.29, 0.717) is 5.69 Å². The lowest BCUT2D eigenvalue weighted by Crippen LogP contribution is -2.14. The van der Waals surface area contributed by atoms with E-state index in [1.54, 1.807) is 12.1 Å². The standard InChI is InChI=1S/C17H19N3O2/c1-12(21)11-17(22)20-16-9-7-15(8-10-16)19-14-5-3-13(18-2)4-6-14/h3-10,18-19H,11H2,1-2H3,(H,20,22). The van der Waals surface area contributed by atoms with Gasteiger partial charge in [0.2, 0.25) is 5.91 Å². The number of rotatable bonds is 6. The van der Waals surface area contributed by atoms with Gasteiger partial charge in [-0.05, 0) is 55.5 Å². The maximum absolute atomic E-state index is 11.5. The molecule has 2 aromatic rings. The summed E-state index contributed by atoms with van der Waals surface area (Å²) in [7, 11) is 1.88.